The molecule has 0 bridgehead atoms. The van der Waals surface area contributed by atoms with Gasteiger partial charge in [-0.3, -0.25) is 5.10 Å². The number of allylic oxidation sites excluding steroid dienone is 1. The van der Waals surface area contributed by atoms with Gasteiger partial charge in [-0.2, -0.15) is 5.10 Å². The first-order valence-electron chi connectivity index (χ1n) is 8.82. The number of anilines is 1. The standard InChI is InChI=1S/C18H23FN6/c1-3-4-5-13-17-15(7-14(22-17)12-9-21-25-10(12)2)24-18(23-13)16-6-11(19)8-20-16/h5,7,9,11,16,20,22H,3-4,6,8H2,1-2H3,(H,21,25)(H,23,24)/b13-5+. The van der Waals surface area contributed by atoms with Crippen LogP contribution >= 0.6 is 0 Å². The highest BCUT2D eigenvalue weighted by Crippen LogP contribution is 2.35. The first-order valence-corrected chi connectivity index (χ1v) is 8.82. The molecule has 132 valence electrons. The van der Waals surface area contributed by atoms with Crippen molar-refractivity contribution in [3.8, 4) is 11.3 Å². The fourth-order valence-electron chi connectivity index (χ4n) is 3.37. The van der Waals surface area contributed by atoms with Crippen LogP contribution in [0.4, 0.5) is 10.1 Å². The lowest BCUT2D eigenvalue weighted by Gasteiger charge is -2.21. The lowest BCUT2D eigenvalue weighted by atomic mass is 10.1. The van der Waals surface area contributed by atoms with E-state index >= 15 is 0 Å². The van der Waals surface area contributed by atoms with Gasteiger partial charge in [-0.1, -0.05) is 19.4 Å². The number of aliphatic imine (C=N–C) groups is 1. The Morgan fingerprint density at radius 2 is 2.28 bits per heavy atom. The van der Waals surface area contributed by atoms with Crippen LogP contribution in [0.1, 0.15) is 37.6 Å². The van der Waals surface area contributed by atoms with Crippen molar-refractivity contribution in [3.05, 3.63) is 29.7 Å². The number of alkyl halides is 1. The summed E-state index contributed by atoms with van der Waals surface area (Å²) in [5.41, 5.74) is 5.91. The summed E-state index contributed by atoms with van der Waals surface area (Å²) >= 11 is 0. The Hall–Kier alpha value is -2.41. The van der Waals surface area contributed by atoms with E-state index in [0.29, 0.717) is 13.0 Å². The molecule has 1 fully saturated rings. The summed E-state index contributed by atoms with van der Waals surface area (Å²) < 4.78 is 13.6. The quantitative estimate of drug-likeness (QED) is 0.688. The molecule has 25 heavy (non-hydrogen) atoms. The number of hydrogen-bond donors (Lipinski definition) is 4. The van der Waals surface area contributed by atoms with E-state index in [1.54, 1.807) is 0 Å². The number of fused-ring (bicyclic) bond motifs is 1. The Balaban J connectivity index is 1.71. The van der Waals surface area contributed by atoms with E-state index in [1.165, 1.54) is 0 Å². The van der Waals surface area contributed by atoms with Crippen LogP contribution in [0.2, 0.25) is 0 Å². The van der Waals surface area contributed by atoms with Crippen LogP contribution in [-0.4, -0.2) is 39.8 Å². The average Bonchev–Trinajstić information content (AvgIpc) is 3.31. The lowest BCUT2D eigenvalue weighted by molar-refractivity contribution is 0.359. The van der Waals surface area contributed by atoms with Crippen LogP contribution in [0, 0.1) is 6.92 Å². The smallest absolute Gasteiger partial charge is 0.124 e. The Morgan fingerprint density at radius 1 is 1.40 bits per heavy atom. The molecule has 4 N–H and O–H groups in total. The van der Waals surface area contributed by atoms with Crippen molar-refractivity contribution in [1.29, 1.82) is 0 Å². The number of unbranched alkanes of at least 4 members (excludes halogenated alkanes) is 1. The van der Waals surface area contributed by atoms with Crippen molar-refractivity contribution in [2.24, 2.45) is 4.99 Å². The molecule has 0 aromatic carbocycles. The maximum absolute atomic E-state index is 13.6. The van der Waals surface area contributed by atoms with E-state index in [0.717, 1.165) is 52.7 Å². The Bertz CT molecular complexity index is 830. The van der Waals surface area contributed by atoms with Gasteiger partial charge in [0.1, 0.15) is 12.0 Å². The second kappa shape index (κ2) is 6.48. The van der Waals surface area contributed by atoms with Crippen LogP contribution in [0.25, 0.3) is 17.0 Å². The second-order valence-electron chi connectivity index (χ2n) is 6.67. The number of nitrogens with zero attached hydrogens (tertiary/aromatic N) is 2. The Labute approximate surface area is 146 Å². The van der Waals surface area contributed by atoms with Crippen molar-refractivity contribution >= 4 is 17.2 Å². The normalized spacial score (nSPS) is 24.3. The zero-order valence-electron chi connectivity index (χ0n) is 14.5. The van der Waals surface area contributed by atoms with Gasteiger partial charge >= 0.3 is 0 Å². The molecule has 0 aliphatic carbocycles. The largest absolute Gasteiger partial charge is 0.351 e. The SMILES string of the molecule is CCC/C=C1/N=C(C2CC(F)CN2)Nc2cc(-c3cn[nH]c3C)[nH]c21. The number of halogens is 1. The number of nitrogens with one attached hydrogen (secondary N) is 4. The minimum atomic E-state index is -0.811. The minimum absolute atomic E-state index is 0.0674. The molecule has 2 unspecified atom stereocenters. The maximum Gasteiger partial charge on any atom is 0.124 e. The molecule has 6 nitrogen and oxygen atoms in total. The van der Waals surface area contributed by atoms with Gasteiger partial charge in [0.05, 0.1) is 35.0 Å². The van der Waals surface area contributed by atoms with Crippen LogP contribution < -0.4 is 10.6 Å². The zero-order valence-corrected chi connectivity index (χ0v) is 14.5. The Morgan fingerprint density at radius 3 is 2.96 bits per heavy atom. The highest BCUT2D eigenvalue weighted by Gasteiger charge is 2.31. The maximum atomic E-state index is 13.6. The van der Waals surface area contributed by atoms with Gasteiger partial charge in [-0.15, -0.1) is 0 Å². The number of aromatic amines is 2. The predicted molar refractivity (Wildman–Crippen MR) is 98.4 cm³/mol. The summed E-state index contributed by atoms with van der Waals surface area (Å²) in [7, 11) is 0. The summed E-state index contributed by atoms with van der Waals surface area (Å²) in [6.45, 7) is 4.53. The van der Waals surface area contributed by atoms with Crippen LogP contribution in [0.3, 0.4) is 0 Å². The first-order chi connectivity index (χ1) is 12.2. The topological polar surface area (TPSA) is 80.9 Å². The Kier molecular flexibility index (Phi) is 4.17. The number of aromatic nitrogens is 3. The van der Waals surface area contributed by atoms with E-state index in [2.05, 4.69) is 44.9 Å². The molecule has 4 heterocycles. The number of hydrogen-bond acceptors (Lipinski definition) is 4. The van der Waals surface area contributed by atoms with Gasteiger partial charge in [0.2, 0.25) is 0 Å². The molecule has 1 saturated heterocycles. The summed E-state index contributed by atoms with van der Waals surface area (Å²) in [6, 6.07) is 2.01. The van der Waals surface area contributed by atoms with Crippen molar-refractivity contribution in [1.82, 2.24) is 20.5 Å². The first kappa shape index (κ1) is 16.1. The summed E-state index contributed by atoms with van der Waals surface area (Å²) in [6.07, 6.45) is 5.61. The highest BCUT2D eigenvalue weighted by molar-refractivity contribution is 6.07. The molecule has 7 heteroatoms. The van der Waals surface area contributed by atoms with Crippen molar-refractivity contribution in [2.75, 3.05) is 11.9 Å². The molecule has 0 amide bonds. The average molecular weight is 342 g/mol. The molecule has 2 aromatic heterocycles. The van der Waals surface area contributed by atoms with Gasteiger partial charge in [0.25, 0.3) is 0 Å². The highest BCUT2D eigenvalue weighted by atomic mass is 19.1. The van der Waals surface area contributed by atoms with Crippen LogP contribution in [0.15, 0.2) is 23.3 Å². The van der Waals surface area contributed by atoms with E-state index in [1.807, 2.05) is 13.1 Å². The third kappa shape index (κ3) is 3.00. The number of H-pyrrole nitrogens is 2. The van der Waals surface area contributed by atoms with Crippen LogP contribution in [-0.2, 0) is 0 Å². The van der Waals surface area contributed by atoms with Gasteiger partial charge in [0.15, 0.2) is 0 Å². The summed E-state index contributed by atoms with van der Waals surface area (Å²) in [4.78, 5) is 8.24. The monoisotopic (exact) mass is 342 g/mol. The second-order valence-corrected chi connectivity index (χ2v) is 6.67. The van der Waals surface area contributed by atoms with E-state index in [9.17, 15) is 4.39 Å². The van der Waals surface area contributed by atoms with Crippen molar-refractivity contribution < 1.29 is 4.39 Å². The lowest BCUT2D eigenvalue weighted by Crippen LogP contribution is -2.37. The van der Waals surface area contributed by atoms with Crippen LogP contribution in [0.5, 0.6) is 0 Å². The molecule has 2 aromatic rings. The fraction of sp³-hybridized carbons (Fsp3) is 0.444. The fourth-order valence-corrected chi connectivity index (χ4v) is 3.37. The molecule has 2 atom stereocenters. The number of rotatable bonds is 4. The third-order valence-electron chi connectivity index (χ3n) is 4.73. The number of aryl methyl sites for hydroxylation is 1. The van der Waals surface area contributed by atoms with Crippen molar-refractivity contribution in [3.63, 3.8) is 0 Å². The molecule has 4 rings (SSSR count). The predicted octanol–water partition coefficient (Wildman–Crippen LogP) is 3.38. The summed E-state index contributed by atoms with van der Waals surface area (Å²) in [5.74, 6) is 0.796. The van der Waals surface area contributed by atoms with Gasteiger partial charge < -0.3 is 15.6 Å². The molecule has 0 radical (unpaired) electrons. The van der Waals surface area contributed by atoms with E-state index < -0.39 is 6.17 Å². The van der Waals surface area contributed by atoms with E-state index in [-0.39, 0.29) is 6.04 Å². The summed E-state index contributed by atoms with van der Waals surface area (Å²) in [5, 5.41) is 13.7. The van der Waals surface area contributed by atoms with E-state index in [4.69, 9.17) is 4.99 Å². The molecule has 2 aliphatic heterocycles. The molecule has 0 spiro atoms. The van der Waals surface area contributed by atoms with Gasteiger partial charge in [-0.05, 0) is 19.4 Å². The van der Waals surface area contributed by atoms with Gasteiger partial charge in [0, 0.05) is 24.2 Å². The van der Waals surface area contributed by atoms with Gasteiger partial charge in [-0.25, -0.2) is 9.38 Å². The molecule has 2 aliphatic rings. The number of amidine groups is 1. The molecule has 0 saturated carbocycles. The molecular weight excluding hydrogens is 319 g/mol. The zero-order chi connectivity index (χ0) is 17.4. The minimum Gasteiger partial charge on any atom is -0.351 e. The third-order valence-corrected chi connectivity index (χ3v) is 4.73. The van der Waals surface area contributed by atoms with Crippen molar-refractivity contribution in [2.45, 2.75) is 45.3 Å². The molecular formula is C18H23FN6.